The summed E-state index contributed by atoms with van der Waals surface area (Å²) in [5.74, 6) is -0.820. The molecule has 2 aromatic heterocycles. The Morgan fingerprint density at radius 2 is 1.88 bits per heavy atom. The molecule has 4 aromatic rings. The van der Waals surface area contributed by atoms with Crippen molar-refractivity contribution < 1.29 is 4.39 Å². The summed E-state index contributed by atoms with van der Waals surface area (Å²) in [7, 11) is 0. The lowest BCUT2D eigenvalue weighted by Crippen LogP contribution is -2.30. The number of aromatic nitrogens is 3. The van der Waals surface area contributed by atoms with Crippen LogP contribution in [-0.4, -0.2) is 14.5 Å². The first-order valence-corrected chi connectivity index (χ1v) is 7.85. The first-order chi connectivity index (χ1) is 12.0. The predicted molar refractivity (Wildman–Crippen MR) is 95.2 cm³/mol. The second-order valence-electron chi connectivity index (χ2n) is 5.68. The molecule has 0 spiro atoms. The lowest BCUT2D eigenvalue weighted by Gasteiger charge is -2.14. The van der Waals surface area contributed by atoms with Gasteiger partial charge >= 0.3 is 5.69 Å². The molecule has 0 unspecified atom stereocenters. The van der Waals surface area contributed by atoms with E-state index in [9.17, 15) is 14.0 Å². The number of H-pyrrole nitrogens is 1. The molecule has 0 fully saturated rings. The Labute approximate surface area is 145 Å². The van der Waals surface area contributed by atoms with Crippen molar-refractivity contribution in [2.75, 3.05) is 0 Å². The van der Waals surface area contributed by atoms with E-state index >= 15 is 0 Å². The number of nitrogens with zero attached hydrogens (tertiary/aromatic N) is 2. The van der Waals surface area contributed by atoms with Gasteiger partial charge in [-0.25, -0.2) is 18.7 Å². The van der Waals surface area contributed by atoms with E-state index in [-0.39, 0.29) is 11.0 Å². The molecule has 0 aliphatic rings. The monoisotopic (exact) mass is 355 g/mol. The molecule has 2 aromatic carbocycles. The first kappa shape index (κ1) is 15.5. The summed E-state index contributed by atoms with van der Waals surface area (Å²) in [5.41, 5.74) is 0.0138. The van der Waals surface area contributed by atoms with Crippen LogP contribution in [0.4, 0.5) is 4.39 Å². The lowest BCUT2D eigenvalue weighted by atomic mass is 10.0. The van der Waals surface area contributed by atoms with Gasteiger partial charge in [-0.15, -0.1) is 0 Å². The molecular weight excluding hydrogens is 345 g/mol. The number of fused-ring (bicyclic) bond motifs is 2. The Hall–Kier alpha value is -2.99. The fourth-order valence-electron chi connectivity index (χ4n) is 2.98. The summed E-state index contributed by atoms with van der Waals surface area (Å²) in [5, 5.41) is 1.28. The molecule has 0 aliphatic carbocycles. The van der Waals surface area contributed by atoms with Gasteiger partial charge in [0, 0.05) is 5.39 Å². The Morgan fingerprint density at radius 1 is 1.12 bits per heavy atom. The quantitative estimate of drug-likeness (QED) is 0.532. The van der Waals surface area contributed by atoms with Crippen LogP contribution in [0.3, 0.4) is 0 Å². The van der Waals surface area contributed by atoms with Crippen LogP contribution in [0, 0.1) is 12.7 Å². The Kier molecular flexibility index (Phi) is 3.43. The smallest absolute Gasteiger partial charge is 0.273 e. The minimum Gasteiger partial charge on any atom is -0.273 e. The molecule has 1 N–H and O–H groups in total. The summed E-state index contributed by atoms with van der Waals surface area (Å²) in [4.78, 5) is 30.8. The number of pyridine rings is 1. The highest BCUT2D eigenvalue weighted by Crippen LogP contribution is 2.27. The van der Waals surface area contributed by atoms with E-state index in [0.717, 1.165) is 22.4 Å². The van der Waals surface area contributed by atoms with Crippen molar-refractivity contribution in [3.63, 3.8) is 0 Å². The highest BCUT2D eigenvalue weighted by molar-refractivity contribution is 6.29. The second-order valence-corrected chi connectivity index (χ2v) is 6.04. The molecule has 0 bridgehead atoms. The largest absolute Gasteiger partial charge is 0.334 e. The van der Waals surface area contributed by atoms with Crippen LogP contribution in [0.15, 0.2) is 52.1 Å². The molecule has 0 saturated heterocycles. The third-order valence-electron chi connectivity index (χ3n) is 4.12. The van der Waals surface area contributed by atoms with Crippen molar-refractivity contribution in [3.05, 3.63) is 79.8 Å². The van der Waals surface area contributed by atoms with Crippen LogP contribution in [0.25, 0.3) is 27.5 Å². The summed E-state index contributed by atoms with van der Waals surface area (Å²) in [6.45, 7) is 1.84. The van der Waals surface area contributed by atoms with Crippen molar-refractivity contribution in [3.8, 4) is 5.69 Å². The minimum absolute atomic E-state index is 0.0135. The van der Waals surface area contributed by atoms with E-state index in [2.05, 4.69) is 9.97 Å². The van der Waals surface area contributed by atoms with Gasteiger partial charge in [-0.2, -0.15) is 0 Å². The highest BCUT2D eigenvalue weighted by Gasteiger charge is 2.17. The Morgan fingerprint density at radius 3 is 2.68 bits per heavy atom. The maximum atomic E-state index is 13.8. The van der Waals surface area contributed by atoms with Crippen molar-refractivity contribution in [1.29, 1.82) is 0 Å². The molecule has 124 valence electrons. The summed E-state index contributed by atoms with van der Waals surface area (Å²) < 4.78 is 15.0. The molecule has 4 rings (SSSR count). The number of hydrogen-bond donors (Lipinski definition) is 1. The van der Waals surface area contributed by atoms with Crippen LogP contribution in [0.1, 0.15) is 5.56 Å². The lowest BCUT2D eigenvalue weighted by molar-refractivity contribution is 0.623. The second kappa shape index (κ2) is 5.53. The number of aryl methyl sites for hydroxylation is 1. The molecule has 0 radical (unpaired) electrons. The number of nitrogens with one attached hydrogen (secondary N) is 1. The minimum atomic E-state index is -0.820. The van der Waals surface area contributed by atoms with Crippen molar-refractivity contribution in [2.45, 2.75) is 6.92 Å². The number of hydrogen-bond acceptors (Lipinski definition) is 3. The predicted octanol–water partition coefficient (Wildman–Crippen LogP) is 3.33. The molecule has 0 amide bonds. The van der Waals surface area contributed by atoms with E-state index in [1.165, 1.54) is 4.57 Å². The van der Waals surface area contributed by atoms with Crippen molar-refractivity contribution >= 4 is 33.4 Å². The molecule has 0 aliphatic heterocycles. The van der Waals surface area contributed by atoms with Gasteiger partial charge in [0.15, 0.2) is 16.6 Å². The molecular formula is C18H11ClFN3O2. The molecule has 0 atom stereocenters. The van der Waals surface area contributed by atoms with Crippen LogP contribution < -0.4 is 11.2 Å². The van der Waals surface area contributed by atoms with Gasteiger partial charge in [0.2, 0.25) is 0 Å². The molecule has 7 heteroatoms. The summed E-state index contributed by atoms with van der Waals surface area (Å²) in [6.07, 6.45) is 0. The van der Waals surface area contributed by atoms with Crippen LogP contribution in [-0.2, 0) is 0 Å². The average Bonchev–Trinajstić information content (AvgIpc) is 2.58. The van der Waals surface area contributed by atoms with Gasteiger partial charge in [0.1, 0.15) is 0 Å². The van der Waals surface area contributed by atoms with E-state index in [4.69, 9.17) is 11.6 Å². The standard InChI is InChI=1S/C18H11ClFN3O2/c1-9-6-7-10-4-2-3-5-11(10)14(9)23-16-12(17(24)22-18(23)25)8-13(20)15(19)21-16/h2-8H,1H3,(H,22,24,25). The fraction of sp³-hybridized carbons (Fsp3) is 0.0556. The average molecular weight is 356 g/mol. The molecule has 0 saturated carbocycles. The molecule has 25 heavy (non-hydrogen) atoms. The Balaban J connectivity index is 2.27. The molecule has 5 nitrogen and oxygen atoms in total. The van der Waals surface area contributed by atoms with E-state index in [1.807, 2.05) is 43.3 Å². The van der Waals surface area contributed by atoms with Gasteiger partial charge in [-0.1, -0.05) is 48.0 Å². The van der Waals surface area contributed by atoms with E-state index in [0.29, 0.717) is 5.69 Å². The maximum absolute atomic E-state index is 13.8. The Bertz CT molecular complexity index is 1280. The van der Waals surface area contributed by atoms with Gasteiger partial charge in [-0.05, 0) is 23.9 Å². The van der Waals surface area contributed by atoms with Crippen LogP contribution in [0.2, 0.25) is 5.15 Å². The van der Waals surface area contributed by atoms with E-state index < -0.39 is 22.2 Å². The van der Waals surface area contributed by atoms with Crippen LogP contribution >= 0.6 is 11.6 Å². The fourth-order valence-corrected chi connectivity index (χ4v) is 3.11. The summed E-state index contributed by atoms with van der Waals surface area (Å²) in [6, 6.07) is 12.3. The maximum Gasteiger partial charge on any atom is 0.334 e. The summed E-state index contributed by atoms with van der Waals surface area (Å²) >= 11 is 5.80. The van der Waals surface area contributed by atoms with Crippen LogP contribution in [0.5, 0.6) is 0 Å². The normalized spacial score (nSPS) is 11.3. The number of aromatic amines is 1. The SMILES string of the molecule is Cc1ccc2ccccc2c1-n1c(=O)[nH]c(=O)c2cc(F)c(Cl)nc21. The van der Waals surface area contributed by atoms with Crippen molar-refractivity contribution in [1.82, 2.24) is 14.5 Å². The molecule has 2 heterocycles. The van der Waals surface area contributed by atoms with Gasteiger partial charge in [0.25, 0.3) is 5.56 Å². The highest BCUT2D eigenvalue weighted by atomic mass is 35.5. The van der Waals surface area contributed by atoms with Crippen molar-refractivity contribution in [2.24, 2.45) is 0 Å². The third-order valence-corrected chi connectivity index (χ3v) is 4.38. The van der Waals surface area contributed by atoms with Gasteiger partial charge < -0.3 is 0 Å². The topological polar surface area (TPSA) is 67.8 Å². The number of benzene rings is 2. The first-order valence-electron chi connectivity index (χ1n) is 7.47. The zero-order valence-corrected chi connectivity index (χ0v) is 13.8. The van der Waals surface area contributed by atoms with Gasteiger partial charge in [0.05, 0.1) is 11.1 Å². The zero-order chi connectivity index (χ0) is 17.7. The van der Waals surface area contributed by atoms with Gasteiger partial charge in [-0.3, -0.25) is 9.78 Å². The van der Waals surface area contributed by atoms with E-state index in [1.54, 1.807) is 0 Å². The third kappa shape index (κ3) is 2.34. The number of halogens is 2. The zero-order valence-electron chi connectivity index (χ0n) is 13.0. The number of rotatable bonds is 1.